The smallest absolute Gasteiger partial charge is 0.243 e. The van der Waals surface area contributed by atoms with Gasteiger partial charge in [0.25, 0.3) is 0 Å². The van der Waals surface area contributed by atoms with Crippen LogP contribution in [-0.2, 0) is 0 Å². The van der Waals surface area contributed by atoms with Gasteiger partial charge >= 0.3 is 0 Å². The van der Waals surface area contributed by atoms with Crippen LogP contribution in [-0.4, -0.2) is 45.7 Å². The zero-order chi connectivity index (χ0) is 13.8. The summed E-state index contributed by atoms with van der Waals surface area (Å²) in [6.45, 7) is 6.27. The van der Waals surface area contributed by atoms with E-state index in [0.717, 1.165) is 29.6 Å². The topological polar surface area (TPSA) is 45.5 Å². The molecule has 0 fully saturated rings. The van der Waals surface area contributed by atoms with Crippen molar-refractivity contribution in [2.75, 3.05) is 25.5 Å². The Bertz CT molecular complexity index is 539. The summed E-state index contributed by atoms with van der Waals surface area (Å²) in [5, 5.41) is 7.64. The predicted octanol–water partition coefficient (Wildman–Crippen LogP) is 2.63. The number of fused-ring (bicyclic) bond motifs is 1. The number of hydrogen-bond donors (Lipinski definition) is 1. The van der Waals surface area contributed by atoms with Crippen molar-refractivity contribution < 1.29 is 0 Å². The minimum Gasteiger partial charge on any atom is -0.352 e. The van der Waals surface area contributed by atoms with E-state index < -0.39 is 0 Å². The molecule has 1 atom stereocenters. The van der Waals surface area contributed by atoms with Crippen molar-refractivity contribution in [1.82, 2.24) is 19.5 Å². The summed E-state index contributed by atoms with van der Waals surface area (Å²) in [6.07, 6.45) is 3.07. The summed E-state index contributed by atoms with van der Waals surface area (Å²) in [6, 6.07) is 4.50. The Labute approximate surface area is 122 Å². The zero-order valence-corrected chi connectivity index (χ0v) is 13.2. The van der Waals surface area contributed by atoms with Gasteiger partial charge in [-0.1, -0.05) is 6.92 Å². The van der Waals surface area contributed by atoms with Crippen LogP contribution in [0, 0.1) is 0 Å². The maximum Gasteiger partial charge on any atom is 0.243 e. The molecule has 0 bridgehead atoms. The zero-order valence-electron chi connectivity index (χ0n) is 11.6. The first kappa shape index (κ1) is 14.3. The first-order chi connectivity index (χ1) is 9.10. The molecule has 2 aromatic rings. The molecule has 0 saturated heterocycles. The third-order valence-electron chi connectivity index (χ3n) is 3.39. The summed E-state index contributed by atoms with van der Waals surface area (Å²) < 4.78 is 2.76. The standard InChI is InChI=1S/C13H20BrN5/c1-4-10(2)18(3)8-7-15-13-16-12-6-5-11(14)9-19(12)17-13/h5-6,9-10H,4,7-8H2,1-3H3,(H,15,17). The van der Waals surface area contributed by atoms with Gasteiger partial charge in [0.05, 0.1) is 0 Å². The van der Waals surface area contributed by atoms with Crippen LogP contribution in [0.15, 0.2) is 22.8 Å². The van der Waals surface area contributed by atoms with Gasteiger partial charge in [-0.15, -0.1) is 5.10 Å². The first-order valence-electron chi connectivity index (χ1n) is 6.56. The van der Waals surface area contributed by atoms with E-state index in [1.165, 1.54) is 0 Å². The Morgan fingerprint density at radius 1 is 1.47 bits per heavy atom. The molecule has 0 spiro atoms. The normalized spacial score (nSPS) is 13.1. The number of pyridine rings is 1. The third kappa shape index (κ3) is 3.67. The van der Waals surface area contributed by atoms with Crippen molar-refractivity contribution in [3.8, 4) is 0 Å². The molecule has 1 N–H and O–H groups in total. The van der Waals surface area contributed by atoms with Gasteiger partial charge < -0.3 is 10.2 Å². The molecule has 0 aromatic carbocycles. The second-order valence-electron chi connectivity index (χ2n) is 4.75. The van der Waals surface area contributed by atoms with Crippen LogP contribution in [0.3, 0.4) is 0 Å². The largest absolute Gasteiger partial charge is 0.352 e. The molecule has 2 aromatic heterocycles. The fourth-order valence-electron chi connectivity index (χ4n) is 1.81. The molecular formula is C13H20BrN5. The first-order valence-corrected chi connectivity index (χ1v) is 7.35. The Morgan fingerprint density at radius 3 is 3.00 bits per heavy atom. The fourth-order valence-corrected chi connectivity index (χ4v) is 2.14. The summed E-state index contributed by atoms with van der Waals surface area (Å²) >= 11 is 3.42. The van der Waals surface area contributed by atoms with Gasteiger partial charge in [0.1, 0.15) is 0 Å². The van der Waals surface area contributed by atoms with Gasteiger partial charge in [0, 0.05) is 29.8 Å². The summed E-state index contributed by atoms with van der Waals surface area (Å²) in [5.74, 6) is 0.677. The van der Waals surface area contributed by atoms with Crippen LogP contribution in [0.2, 0.25) is 0 Å². The monoisotopic (exact) mass is 325 g/mol. The molecule has 0 aliphatic heterocycles. The van der Waals surface area contributed by atoms with E-state index in [9.17, 15) is 0 Å². The number of hydrogen-bond acceptors (Lipinski definition) is 4. The predicted molar refractivity (Wildman–Crippen MR) is 81.6 cm³/mol. The lowest BCUT2D eigenvalue weighted by Gasteiger charge is -2.23. The number of likely N-dealkylation sites (N-methyl/N-ethyl adjacent to an activating group) is 1. The Balaban J connectivity index is 1.91. The minimum absolute atomic E-state index is 0.604. The Kier molecular flexibility index (Phi) is 4.76. The highest BCUT2D eigenvalue weighted by Crippen LogP contribution is 2.12. The molecule has 0 aliphatic rings. The van der Waals surface area contributed by atoms with E-state index >= 15 is 0 Å². The molecule has 1 unspecified atom stereocenters. The number of anilines is 1. The van der Waals surface area contributed by atoms with Crippen molar-refractivity contribution in [2.24, 2.45) is 0 Å². The third-order valence-corrected chi connectivity index (χ3v) is 3.85. The number of rotatable bonds is 6. The summed E-state index contributed by atoms with van der Waals surface area (Å²) in [7, 11) is 2.14. The molecule has 0 radical (unpaired) electrons. The lowest BCUT2D eigenvalue weighted by molar-refractivity contribution is 0.261. The molecule has 19 heavy (non-hydrogen) atoms. The summed E-state index contributed by atoms with van der Waals surface area (Å²) in [4.78, 5) is 6.75. The lowest BCUT2D eigenvalue weighted by atomic mass is 10.2. The van der Waals surface area contributed by atoms with Crippen molar-refractivity contribution in [2.45, 2.75) is 26.3 Å². The molecule has 0 amide bonds. The maximum atomic E-state index is 4.42. The highest BCUT2D eigenvalue weighted by Gasteiger charge is 2.07. The van der Waals surface area contributed by atoms with Crippen LogP contribution < -0.4 is 5.32 Å². The van der Waals surface area contributed by atoms with Gasteiger partial charge in [-0.05, 0) is 48.5 Å². The quantitative estimate of drug-likeness (QED) is 0.886. The number of nitrogens with one attached hydrogen (secondary N) is 1. The van der Waals surface area contributed by atoms with E-state index in [-0.39, 0.29) is 0 Å². The number of aromatic nitrogens is 3. The van der Waals surface area contributed by atoms with Crippen LogP contribution in [0.25, 0.3) is 5.65 Å². The van der Waals surface area contributed by atoms with Gasteiger partial charge in [0.15, 0.2) is 5.65 Å². The number of halogens is 1. The fraction of sp³-hybridized carbons (Fsp3) is 0.538. The molecule has 0 saturated carbocycles. The molecular weight excluding hydrogens is 306 g/mol. The van der Waals surface area contributed by atoms with Crippen molar-refractivity contribution >= 4 is 27.5 Å². The van der Waals surface area contributed by atoms with E-state index in [1.54, 1.807) is 4.52 Å². The van der Waals surface area contributed by atoms with E-state index in [1.807, 2.05) is 18.3 Å². The second-order valence-corrected chi connectivity index (χ2v) is 5.67. The molecule has 2 heterocycles. The van der Waals surface area contributed by atoms with Gasteiger partial charge in [-0.25, -0.2) is 4.52 Å². The van der Waals surface area contributed by atoms with Gasteiger partial charge in [-0.3, -0.25) is 0 Å². The van der Waals surface area contributed by atoms with Crippen molar-refractivity contribution in [1.29, 1.82) is 0 Å². The summed E-state index contributed by atoms with van der Waals surface area (Å²) in [5.41, 5.74) is 0.848. The van der Waals surface area contributed by atoms with E-state index in [0.29, 0.717) is 12.0 Å². The average molecular weight is 326 g/mol. The highest BCUT2D eigenvalue weighted by molar-refractivity contribution is 9.10. The van der Waals surface area contributed by atoms with Crippen LogP contribution in [0.4, 0.5) is 5.95 Å². The van der Waals surface area contributed by atoms with Crippen molar-refractivity contribution in [3.63, 3.8) is 0 Å². The molecule has 0 aliphatic carbocycles. The Morgan fingerprint density at radius 2 is 2.26 bits per heavy atom. The molecule has 6 heteroatoms. The highest BCUT2D eigenvalue weighted by atomic mass is 79.9. The second kappa shape index (κ2) is 6.34. The number of nitrogens with zero attached hydrogens (tertiary/aromatic N) is 4. The molecule has 104 valence electrons. The minimum atomic E-state index is 0.604. The van der Waals surface area contributed by atoms with Crippen molar-refractivity contribution in [3.05, 3.63) is 22.8 Å². The lowest BCUT2D eigenvalue weighted by Crippen LogP contribution is -2.32. The van der Waals surface area contributed by atoms with Gasteiger partial charge in [0.2, 0.25) is 5.95 Å². The maximum absolute atomic E-state index is 4.42. The Hall–Kier alpha value is -1.14. The SMILES string of the molecule is CCC(C)N(C)CCNc1nc2ccc(Br)cn2n1. The van der Waals surface area contributed by atoms with Gasteiger partial charge in [-0.2, -0.15) is 4.98 Å². The molecule has 5 nitrogen and oxygen atoms in total. The van der Waals surface area contributed by atoms with Crippen LogP contribution in [0.5, 0.6) is 0 Å². The van der Waals surface area contributed by atoms with Crippen LogP contribution in [0.1, 0.15) is 20.3 Å². The average Bonchev–Trinajstić information content (AvgIpc) is 2.79. The van der Waals surface area contributed by atoms with Crippen LogP contribution >= 0.6 is 15.9 Å². The van der Waals surface area contributed by atoms with E-state index in [4.69, 9.17) is 0 Å². The van der Waals surface area contributed by atoms with E-state index in [2.05, 4.69) is 57.1 Å². The molecule has 2 rings (SSSR count).